The standard InChI is InChI=1S/C13H16N4O2/c1-14-13(18)11-3-5-12(6-4-11)19-10-2-8-17-9-7-15-16-17/h3-7,9H,2,8,10H2,1H3,(H,14,18). The van der Waals surface area contributed by atoms with Crippen LogP contribution in [-0.4, -0.2) is 34.6 Å². The van der Waals surface area contributed by atoms with Gasteiger partial charge in [-0.1, -0.05) is 5.21 Å². The van der Waals surface area contributed by atoms with E-state index in [2.05, 4.69) is 15.6 Å². The predicted octanol–water partition coefficient (Wildman–Crippen LogP) is 1.11. The molecule has 1 N–H and O–H groups in total. The van der Waals surface area contributed by atoms with E-state index in [-0.39, 0.29) is 5.91 Å². The molecule has 0 aliphatic carbocycles. The Hall–Kier alpha value is -2.37. The number of benzene rings is 1. The molecule has 0 spiro atoms. The van der Waals surface area contributed by atoms with Gasteiger partial charge < -0.3 is 10.1 Å². The number of nitrogens with zero attached hydrogens (tertiary/aromatic N) is 3. The van der Waals surface area contributed by atoms with Crippen LogP contribution in [0.3, 0.4) is 0 Å². The highest BCUT2D eigenvalue weighted by Gasteiger charge is 2.02. The predicted molar refractivity (Wildman–Crippen MR) is 70.0 cm³/mol. The lowest BCUT2D eigenvalue weighted by Crippen LogP contribution is -2.17. The molecule has 0 atom stereocenters. The van der Waals surface area contributed by atoms with Gasteiger partial charge in [0.1, 0.15) is 5.75 Å². The average Bonchev–Trinajstić information content (AvgIpc) is 2.96. The van der Waals surface area contributed by atoms with Crippen molar-refractivity contribution in [1.29, 1.82) is 0 Å². The number of aryl methyl sites for hydroxylation is 1. The Labute approximate surface area is 111 Å². The van der Waals surface area contributed by atoms with Gasteiger partial charge in [-0.05, 0) is 24.3 Å². The van der Waals surface area contributed by atoms with Gasteiger partial charge in [-0.25, -0.2) is 0 Å². The minimum Gasteiger partial charge on any atom is -0.494 e. The van der Waals surface area contributed by atoms with E-state index in [1.165, 1.54) is 0 Å². The fourth-order valence-corrected chi connectivity index (χ4v) is 1.62. The van der Waals surface area contributed by atoms with E-state index in [9.17, 15) is 4.79 Å². The molecule has 1 aromatic heterocycles. The molecule has 1 aromatic carbocycles. The fourth-order valence-electron chi connectivity index (χ4n) is 1.62. The molecular formula is C13H16N4O2. The van der Waals surface area contributed by atoms with E-state index in [1.807, 2.05) is 6.20 Å². The number of carbonyl (C=O) groups excluding carboxylic acids is 1. The zero-order chi connectivity index (χ0) is 13.5. The molecule has 2 aromatic rings. The fraction of sp³-hybridized carbons (Fsp3) is 0.308. The van der Waals surface area contributed by atoms with Crippen LogP contribution in [-0.2, 0) is 6.54 Å². The van der Waals surface area contributed by atoms with Crippen molar-refractivity contribution in [1.82, 2.24) is 20.3 Å². The first kappa shape index (κ1) is 13.1. The number of rotatable bonds is 6. The maximum absolute atomic E-state index is 11.3. The third kappa shape index (κ3) is 3.80. The number of aromatic nitrogens is 3. The van der Waals surface area contributed by atoms with Crippen molar-refractivity contribution in [3.8, 4) is 5.75 Å². The highest BCUT2D eigenvalue weighted by Crippen LogP contribution is 2.12. The van der Waals surface area contributed by atoms with E-state index >= 15 is 0 Å². The Balaban J connectivity index is 1.75. The van der Waals surface area contributed by atoms with Crippen LogP contribution in [0.5, 0.6) is 5.75 Å². The molecule has 0 fully saturated rings. The lowest BCUT2D eigenvalue weighted by Gasteiger charge is -2.06. The zero-order valence-corrected chi connectivity index (χ0v) is 10.7. The zero-order valence-electron chi connectivity index (χ0n) is 10.7. The van der Waals surface area contributed by atoms with Gasteiger partial charge in [0.25, 0.3) is 5.91 Å². The monoisotopic (exact) mass is 260 g/mol. The quantitative estimate of drug-likeness (QED) is 0.790. The second-order valence-electron chi connectivity index (χ2n) is 3.97. The molecule has 1 amide bonds. The van der Waals surface area contributed by atoms with Crippen molar-refractivity contribution in [2.75, 3.05) is 13.7 Å². The summed E-state index contributed by atoms with van der Waals surface area (Å²) in [6.07, 6.45) is 4.32. The van der Waals surface area contributed by atoms with Crippen molar-refractivity contribution in [3.05, 3.63) is 42.2 Å². The number of nitrogens with one attached hydrogen (secondary N) is 1. The molecule has 0 unspecified atom stereocenters. The maximum atomic E-state index is 11.3. The second-order valence-corrected chi connectivity index (χ2v) is 3.97. The van der Waals surface area contributed by atoms with Gasteiger partial charge in [0.2, 0.25) is 0 Å². The highest BCUT2D eigenvalue weighted by molar-refractivity contribution is 5.94. The molecule has 0 saturated heterocycles. The molecule has 6 heteroatoms. The summed E-state index contributed by atoms with van der Waals surface area (Å²) >= 11 is 0. The number of hydrogen-bond donors (Lipinski definition) is 1. The van der Waals surface area contributed by atoms with Crippen molar-refractivity contribution < 1.29 is 9.53 Å². The minimum atomic E-state index is -0.0993. The summed E-state index contributed by atoms with van der Waals surface area (Å²) in [5.74, 6) is 0.656. The SMILES string of the molecule is CNC(=O)c1ccc(OCCCn2ccnn2)cc1. The summed E-state index contributed by atoms with van der Waals surface area (Å²) in [4.78, 5) is 11.3. The molecule has 2 rings (SSSR count). The molecule has 0 saturated carbocycles. The highest BCUT2D eigenvalue weighted by atomic mass is 16.5. The number of ether oxygens (including phenoxy) is 1. The van der Waals surface area contributed by atoms with Crippen LogP contribution in [0.25, 0.3) is 0 Å². The van der Waals surface area contributed by atoms with Crippen LogP contribution in [0, 0.1) is 0 Å². The average molecular weight is 260 g/mol. The first-order chi connectivity index (χ1) is 9.29. The molecule has 6 nitrogen and oxygen atoms in total. The summed E-state index contributed by atoms with van der Waals surface area (Å²) in [7, 11) is 1.61. The van der Waals surface area contributed by atoms with Gasteiger partial charge in [0.15, 0.2) is 0 Å². The van der Waals surface area contributed by atoms with Crippen molar-refractivity contribution in [3.63, 3.8) is 0 Å². The number of amides is 1. The second kappa shape index (κ2) is 6.53. The van der Waals surface area contributed by atoms with Crippen LogP contribution in [0.15, 0.2) is 36.7 Å². The lowest BCUT2D eigenvalue weighted by atomic mass is 10.2. The molecule has 0 aliphatic rings. The van der Waals surface area contributed by atoms with Gasteiger partial charge in [-0.2, -0.15) is 0 Å². The van der Waals surface area contributed by atoms with Crippen LogP contribution in [0.2, 0.25) is 0 Å². The summed E-state index contributed by atoms with van der Waals surface area (Å²) < 4.78 is 7.34. The Kier molecular flexibility index (Phi) is 4.49. The van der Waals surface area contributed by atoms with Gasteiger partial charge in [-0.3, -0.25) is 9.48 Å². The molecule has 0 radical (unpaired) electrons. The van der Waals surface area contributed by atoms with E-state index in [0.717, 1.165) is 18.7 Å². The van der Waals surface area contributed by atoms with Gasteiger partial charge in [0, 0.05) is 31.8 Å². The topological polar surface area (TPSA) is 69.0 Å². The Morgan fingerprint density at radius 2 is 2.16 bits per heavy atom. The molecule has 1 heterocycles. The Morgan fingerprint density at radius 1 is 1.37 bits per heavy atom. The van der Waals surface area contributed by atoms with E-state index in [1.54, 1.807) is 42.2 Å². The normalized spacial score (nSPS) is 10.2. The van der Waals surface area contributed by atoms with Crippen LogP contribution in [0.1, 0.15) is 16.8 Å². The van der Waals surface area contributed by atoms with Gasteiger partial charge in [0.05, 0.1) is 12.8 Å². The number of hydrogen-bond acceptors (Lipinski definition) is 4. The third-order valence-electron chi connectivity index (χ3n) is 2.62. The van der Waals surface area contributed by atoms with Crippen molar-refractivity contribution in [2.45, 2.75) is 13.0 Å². The number of carbonyl (C=O) groups is 1. The Bertz CT molecular complexity index is 508. The molecule has 19 heavy (non-hydrogen) atoms. The van der Waals surface area contributed by atoms with Gasteiger partial charge in [-0.15, -0.1) is 5.10 Å². The maximum Gasteiger partial charge on any atom is 0.251 e. The van der Waals surface area contributed by atoms with E-state index in [0.29, 0.717) is 12.2 Å². The molecule has 0 bridgehead atoms. The first-order valence-electron chi connectivity index (χ1n) is 6.08. The summed E-state index contributed by atoms with van der Waals surface area (Å²) in [6.45, 7) is 1.37. The molecule has 100 valence electrons. The van der Waals surface area contributed by atoms with E-state index < -0.39 is 0 Å². The lowest BCUT2D eigenvalue weighted by molar-refractivity contribution is 0.0963. The van der Waals surface area contributed by atoms with Crippen molar-refractivity contribution >= 4 is 5.91 Å². The third-order valence-corrected chi connectivity index (χ3v) is 2.62. The summed E-state index contributed by atoms with van der Waals surface area (Å²) in [5.41, 5.74) is 0.623. The summed E-state index contributed by atoms with van der Waals surface area (Å²) in [5, 5.41) is 10.2. The van der Waals surface area contributed by atoms with Crippen LogP contribution in [0.4, 0.5) is 0 Å². The van der Waals surface area contributed by atoms with Crippen molar-refractivity contribution in [2.24, 2.45) is 0 Å². The minimum absolute atomic E-state index is 0.0993. The first-order valence-corrected chi connectivity index (χ1v) is 6.08. The molecular weight excluding hydrogens is 244 g/mol. The van der Waals surface area contributed by atoms with Crippen LogP contribution < -0.4 is 10.1 Å². The van der Waals surface area contributed by atoms with Crippen LogP contribution >= 0.6 is 0 Å². The van der Waals surface area contributed by atoms with E-state index in [4.69, 9.17) is 4.74 Å². The Morgan fingerprint density at radius 3 is 2.79 bits per heavy atom. The largest absolute Gasteiger partial charge is 0.494 e. The molecule has 0 aliphatic heterocycles. The smallest absolute Gasteiger partial charge is 0.251 e. The summed E-state index contributed by atoms with van der Waals surface area (Å²) in [6, 6.07) is 7.07. The van der Waals surface area contributed by atoms with Gasteiger partial charge >= 0.3 is 0 Å².